The van der Waals surface area contributed by atoms with Crippen LogP contribution >= 0.6 is 0 Å². The van der Waals surface area contributed by atoms with Gasteiger partial charge in [-0.05, 0) is 12.1 Å². The predicted octanol–water partition coefficient (Wildman–Crippen LogP) is 0.974. The third kappa shape index (κ3) is 1.72. The summed E-state index contributed by atoms with van der Waals surface area (Å²) in [5, 5.41) is 12.9. The Kier molecular flexibility index (Phi) is 2.55. The van der Waals surface area contributed by atoms with Crippen LogP contribution in [0, 0.1) is 0 Å². The van der Waals surface area contributed by atoms with Gasteiger partial charge in [0.25, 0.3) is 0 Å². The smallest absolute Gasteiger partial charge is 0.342 e. The standard InChI is InChI=1S/C10H9N3O3/c1-16-9-8(10(14)15)6-13(12-9)7-3-2-4-11-5-7/h2-6H,1H3,(H,14,15). The van der Waals surface area contributed by atoms with E-state index in [1.54, 1.807) is 24.5 Å². The fourth-order valence-corrected chi connectivity index (χ4v) is 1.28. The molecule has 6 heteroatoms. The van der Waals surface area contributed by atoms with E-state index in [1.807, 2.05) is 0 Å². The summed E-state index contributed by atoms with van der Waals surface area (Å²) >= 11 is 0. The van der Waals surface area contributed by atoms with Crippen LogP contribution in [-0.2, 0) is 0 Å². The zero-order valence-electron chi connectivity index (χ0n) is 8.49. The molecule has 0 aliphatic carbocycles. The number of rotatable bonds is 3. The molecule has 0 amide bonds. The number of pyridine rings is 1. The number of hydrogen-bond donors (Lipinski definition) is 1. The number of carboxylic acids is 1. The maximum absolute atomic E-state index is 10.9. The van der Waals surface area contributed by atoms with Crippen molar-refractivity contribution in [1.29, 1.82) is 0 Å². The van der Waals surface area contributed by atoms with Gasteiger partial charge in [0, 0.05) is 12.4 Å². The number of nitrogens with zero attached hydrogens (tertiary/aromatic N) is 3. The molecule has 0 aliphatic heterocycles. The molecule has 0 atom stereocenters. The highest BCUT2D eigenvalue weighted by atomic mass is 16.5. The summed E-state index contributed by atoms with van der Waals surface area (Å²) in [5.41, 5.74) is 0.694. The summed E-state index contributed by atoms with van der Waals surface area (Å²) < 4.78 is 6.29. The topological polar surface area (TPSA) is 77.2 Å². The van der Waals surface area contributed by atoms with Crippen LogP contribution in [-0.4, -0.2) is 33.0 Å². The number of carboxylic acid groups (broad SMARTS) is 1. The lowest BCUT2D eigenvalue weighted by molar-refractivity contribution is 0.0693. The van der Waals surface area contributed by atoms with Crippen LogP contribution in [0.1, 0.15) is 10.4 Å². The molecule has 2 aromatic rings. The van der Waals surface area contributed by atoms with Crippen LogP contribution in [0.4, 0.5) is 0 Å². The fourth-order valence-electron chi connectivity index (χ4n) is 1.28. The van der Waals surface area contributed by atoms with E-state index < -0.39 is 5.97 Å². The van der Waals surface area contributed by atoms with E-state index in [9.17, 15) is 4.79 Å². The van der Waals surface area contributed by atoms with Gasteiger partial charge in [-0.2, -0.15) is 0 Å². The molecule has 6 nitrogen and oxygen atoms in total. The average Bonchev–Trinajstić information content (AvgIpc) is 2.74. The lowest BCUT2D eigenvalue weighted by Gasteiger charge is -1.97. The molecule has 0 saturated carbocycles. The van der Waals surface area contributed by atoms with E-state index in [-0.39, 0.29) is 11.4 Å². The summed E-state index contributed by atoms with van der Waals surface area (Å²) in [4.78, 5) is 14.8. The average molecular weight is 219 g/mol. The Balaban J connectivity index is 2.48. The van der Waals surface area contributed by atoms with Crippen LogP contribution in [0.25, 0.3) is 5.69 Å². The second-order valence-electron chi connectivity index (χ2n) is 3.01. The van der Waals surface area contributed by atoms with Crippen molar-refractivity contribution < 1.29 is 14.6 Å². The SMILES string of the molecule is COc1nn(-c2cccnc2)cc1C(=O)O. The van der Waals surface area contributed by atoms with Crippen LogP contribution in [0.5, 0.6) is 5.88 Å². The van der Waals surface area contributed by atoms with Crippen molar-refractivity contribution in [3.8, 4) is 11.6 Å². The minimum Gasteiger partial charge on any atom is -0.479 e. The molecular weight excluding hydrogens is 210 g/mol. The second kappa shape index (κ2) is 4.01. The van der Waals surface area contributed by atoms with Crippen molar-refractivity contribution in [3.05, 3.63) is 36.3 Å². The minimum atomic E-state index is -1.08. The lowest BCUT2D eigenvalue weighted by Crippen LogP contribution is -1.97. The predicted molar refractivity (Wildman–Crippen MR) is 54.9 cm³/mol. The third-order valence-corrected chi connectivity index (χ3v) is 2.01. The van der Waals surface area contributed by atoms with Crippen LogP contribution < -0.4 is 4.74 Å². The number of carbonyl (C=O) groups is 1. The quantitative estimate of drug-likeness (QED) is 0.832. The first-order valence-corrected chi connectivity index (χ1v) is 4.49. The largest absolute Gasteiger partial charge is 0.479 e. The number of aromatic carboxylic acids is 1. The number of methoxy groups -OCH3 is 1. The first-order chi connectivity index (χ1) is 7.72. The van der Waals surface area contributed by atoms with Gasteiger partial charge in [-0.3, -0.25) is 4.98 Å². The molecule has 0 aromatic carbocycles. The lowest BCUT2D eigenvalue weighted by atomic mass is 10.3. The molecule has 2 aromatic heterocycles. The first kappa shape index (κ1) is 10.2. The monoisotopic (exact) mass is 219 g/mol. The molecule has 0 fully saturated rings. The summed E-state index contributed by atoms with van der Waals surface area (Å²) in [6, 6.07) is 3.51. The van der Waals surface area contributed by atoms with Crippen LogP contribution in [0.2, 0.25) is 0 Å². The highest BCUT2D eigenvalue weighted by molar-refractivity contribution is 5.90. The fraction of sp³-hybridized carbons (Fsp3) is 0.100. The molecule has 1 N–H and O–H groups in total. The molecular formula is C10H9N3O3. The van der Waals surface area contributed by atoms with E-state index in [4.69, 9.17) is 9.84 Å². The molecule has 82 valence electrons. The normalized spacial score (nSPS) is 10.1. The van der Waals surface area contributed by atoms with Gasteiger partial charge in [0.15, 0.2) is 0 Å². The van der Waals surface area contributed by atoms with Crippen molar-refractivity contribution in [1.82, 2.24) is 14.8 Å². The van der Waals surface area contributed by atoms with Gasteiger partial charge >= 0.3 is 5.97 Å². The van der Waals surface area contributed by atoms with Gasteiger partial charge in [-0.1, -0.05) is 0 Å². The summed E-state index contributed by atoms with van der Waals surface area (Å²) in [7, 11) is 1.38. The minimum absolute atomic E-state index is 0.0198. The molecule has 2 rings (SSSR count). The number of ether oxygens (including phenoxy) is 1. The molecule has 0 unspecified atom stereocenters. The summed E-state index contributed by atoms with van der Waals surface area (Å²) in [6.07, 6.45) is 4.60. The number of aromatic nitrogens is 3. The van der Waals surface area contributed by atoms with Gasteiger partial charge in [0.1, 0.15) is 5.56 Å². The highest BCUT2D eigenvalue weighted by Crippen LogP contribution is 2.17. The number of hydrogen-bond acceptors (Lipinski definition) is 4. The first-order valence-electron chi connectivity index (χ1n) is 4.49. The van der Waals surface area contributed by atoms with E-state index in [2.05, 4.69) is 10.1 Å². The van der Waals surface area contributed by atoms with Gasteiger partial charge in [-0.15, -0.1) is 5.10 Å². The van der Waals surface area contributed by atoms with Crippen LogP contribution in [0.3, 0.4) is 0 Å². The zero-order chi connectivity index (χ0) is 11.5. The summed E-state index contributed by atoms with van der Waals surface area (Å²) in [5.74, 6) is -0.997. The molecule has 16 heavy (non-hydrogen) atoms. The molecule has 2 heterocycles. The molecule has 0 radical (unpaired) electrons. The Morgan fingerprint density at radius 2 is 2.38 bits per heavy atom. The molecule has 0 saturated heterocycles. The van der Waals surface area contributed by atoms with Gasteiger partial charge in [0.05, 0.1) is 19.0 Å². The van der Waals surface area contributed by atoms with E-state index in [1.165, 1.54) is 18.0 Å². The third-order valence-electron chi connectivity index (χ3n) is 2.01. The van der Waals surface area contributed by atoms with E-state index in [0.29, 0.717) is 5.69 Å². The van der Waals surface area contributed by atoms with Gasteiger partial charge < -0.3 is 9.84 Å². The Hall–Kier alpha value is -2.37. The Bertz CT molecular complexity index is 507. The van der Waals surface area contributed by atoms with Crippen molar-refractivity contribution in [2.45, 2.75) is 0 Å². The van der Waals surface area contributed by atoms with Gasteiger partial charge in [-0.25, -0.2) is 9.48 Å². The maximum atomic E-state index is 10.9. The molecule has 0 bridgehead atoms. The Morgan fingerprint density at radius 3 is 2.88 bits per heavy atom. The molecule has 0 spiro atoms. The second-order valence-corrected chi connectivity index (χ2v) is 3.01. The highest BCUT2D eigenvalue weighted by Gasteiger charge is 2.16. The van der Waals surface area contributed by atoms with Crippen molar-refractivity contribution in [2.75, 3.05) is 7.11 Å². The Labute approximate surface area is 91.1 Å². The van der Waals surface area contributed by atoms with E-state index >= 15 is 0 Å². The zero-order valence-corrected chi connectivity index (χ0v) is 8.49. The van der Waals surface area contributed by atoms with Crippen molar-refractivity contribution in [2.24, 2.45) is 0 Å². The van der Waals surface area contributed by atoms with Gasteiger partial charge in [0.2, 0.25) is 5.88 Å². The van der Waals surface area contributed by atoms with Crippen molar-refractivity contribution >= 4 is 5.97 Å². The maximum Gasteiger partial charge on any atom is 0.342 e. The summed E-state index contributed by atoms with van der Waals surface area (Å²) in [6.45, 7) is 0. The van der Waals surface area contributed by atoms with Crippen molar-refractivity contribution in [3.63, 3.8) is 0 Å². The molecule has 0 aliphatic rings. The van der Waals surface area contributed by atoms with Crippen LogP contribution in [0.15, 0.2) is 30.7 Å². The van der Waals surface area contributed by atoms with E-state index in [0.717, 1.165) is 0 Å². The Morgan fingerprint density at radius 1 is 1.56 bits per heavy atom.